The van der Waals surface area contributed by atoms with Gasteiger partial charge in [-0.05, 0) is 27.7 Å². The number of nitrogens with zero attached hydrogens (tertiary/aromatic N) is 1. The van der Waals surface area contributed by atoms with Crippen LogP contribution in [0.1, 0.15) is 67.2 Å². The third kappa shape index (κ3) is 14.6. The molecular weight excluding hydrogens is 189 g/mol. The van der Waals surface area contributed by atoms with Crippen molar-refractivity contribution in [1.29, 1.82) is 0 Å². The Hall–Kier alpha value is 0.557. The van der Waals surface area contributed by atoms with Gasteiger partial charge in [-0.2, -0.15) is 0 Å². The zero-order valence-electron chi connectivity index (χ0n) is 12.8. The van der Waals surface area contributed by atoms with E-state index in [4.69, 9.17) is 0 Å². The van der Waals surface area contributed by atoms with E-state index in [-0.39, 0.29) is 18.9 Å². The van der Waals surface area contributed by atoms with Gasteiger partial charge in [0, 0.05) is 12.1 Å². The molecule has 0 fully saturated rings. The number of hydrogen-bond donors (Lipinski definition) is 0. The van der Waals surface area contributed by atoms with Gasteiger partial charge >= 0.3 is 18.9 Å². The quantitative estimate of drug-likeness (QED) is 0.373. The van der Waals surface area contributed by atoms with Crippen LogP contribution < -0.4 is 18.9 Å². The SMILES string of the molecule is CCCCCC.[CH2-]CN(C(C)C)C(C)C.[Li+]. The van der Waals surface area contributed by atoms with E-state index in [1.165, 1.54) is 25.7 Å². The molecule has 0 saturated heterocycles. The smallest absolute Gasteiger partial charge is 0.330 e. The molecule has 0 saturated carbocycles. The fourth-order valence-electron chi connectivity index (χ4n) is 1.61. The summed E-state index contributed by atoms with van der Waals surface area (Å²) in [4.78, 5) is 2.35. The van der Waals surface area contributed by atoms with Crippen LogP contribution >= 0.6 is 0 Å². The van der Waals surface area contributed by atoms with E-state index in [1.807, 2.05) is 0 Å². The summed E-state index contributed by atoms with van der Waals surface area (Å²) in [7, 11) is 0. The average molecular weight is 221 g/mol. The summed E-state index contributed by atoms with van der Waals surface area (Å²) in [6.45, 7) is 18.0. The maximum Gasteiger partial charge on any atom is 1.00 e. The van der Waals surface area contributed by atoms with Gasteiger partial charge in [0.1, 0.15) is 0 Å². The molecule has 0 aliphatic heterocycles. The van der Waals surface area contributed by atoms with E-state index in [0.29, 0.717) is 12.1 Å². The van der Waals surface area contributed by atoms with Crippen molar-refractivity contribution in [3.05, 3.63) is 6.92 Å². The molecule has 0 N–H and O–H groups in total. The summed E-state index contributed by atoms with van der Waals surface area (Å²) in [6, 6.07) is 1.25. The van der Waals surface area contributed by atoms with E-state index < -0.39 is 0 Å². The zero-order chi connectivity index (χ0) is 12.3. The maximum absolute atomic E-state index is 3.85. The molecule has 0 amide bonds. The molecule has 0 atom stereocenters. The van der Waals surface area contributed by atoms with E-state index in [2.05, 4.69) is 53.4 Å². The van der Waals surface area contributed by atoms with Crippen LogP contribution in [0.4, 0.5) is 0 Å². The van der Waals surface area contributed by atoms with Crippen LogP contribution in [0.3, 0.4) is 0 Å². The molecule has 0 unspecified atom stereocenters. The summed E-state index contributed by atoms with van der Waals surface area (Å²) in [6.07, 6.45) is 5.54. The number of rotatable bonds is 6. The van der Waals surface area contributed by atoms with Crippen molar-refractivity contribution in [2.24, 2.45) is 0 Å². The first kappa shape index (κ1) is 21.8. The van der Waals surface area contributed by atoms with Crippen molar-refractivity contribution >= 4 is 0 Å². The Morgan fingerprint density at radius 1 is 0.875 bits per heavy atom. The minimum absolute atomic E-state index is 0. The summed E-state index contributed by atoms with van der Waals surface area (Å²) in [5.41, 5.74) is 0. The fraction of sp³-hybridized carbons (Fsp3) is 0.929. The van der Waals surface area contributed by atoms with Gasteiger partial charge in [-0.15, -0.1) is 6.54 Å². The molecule has 0 heterocycles. The predicted molar refractivity (Wildman–Crippen MR) is 72.2 cm³/mol. The Balaban J connectivity index is -0.000000214. The van der Waals surface area contributed by atoms with Gasteiger partial charge in [0.2, 0.25) is 0 Å². The van der Waals surface area contributed by atoms with Crippen LogP contribution in [0.25, 0.3) is 0 Å². The maximum atomic E-state index is 3.85. The van der Waals surface area contributed by atoms with E-state index in [9.17, 15) is 0 Å². The van der Waals surface area contributed by atoms with Gasteiger partial charge < -0.3 is 11.8 Å². The average Bonchev–Trinajstić information content (AvgIpc) is 2.15. The van der Waals surface area contributed by atoms with Gasteiger partial charge in [-0.1, -0.05) is 39.5 Å². The molecule has 94 valence electrons. The standard InChI is InChI=1S/C8H18N.C6H14.Li/c1-6-9(7(2)3)8(4)5;1-3-5-6-4-2;/h7-8H,1,6H2,2-5H3;3-6H2,1-2H3;/q-1;;+1. The van der Waals surface area contributed by atoms with Gasteiger partial charge in [0.15, 0.2) is 0 Å². The van der Waals surface area contributed by atoms with Crippen LogP contribution in [0.5, 0.6) is 0 Å². The second-order valence-corrected chi connectivity index (χ2v) is 4.63. The van der Waals surface area contributed by atoms with Crippen molar-refractivity contribution in [3.63, 3.8) is 0 Å². The first-order chi connectivity index (χ1) is 7.01. The van der Waals surface area contributed by atoms with Crippen molar-refractivity contribution in [2.45, 2.75) is 79.3 Å². The molecule has 0 aromatic carbocycles. The largest absolute Gasteiger partial charge is 1.00 e. The van der Waals surface area contributed by atoms with Crippen molar-refractivity contribution in [3.8, 4) is 0 Å². The molecule has 16 heavy (non-hydrogen) atoms. The third-order valence-corrected chi connectivity index (χ3v) is 2.54. The normalized spacial score (nSPS) is 10.1. The zero-order valence-corrected chi connectivity index (χ0v) is 12.8. The third-order valence-electron chi connectivity index (χ3n) is 2.54. The van der Waals surface area contributed by atoms with Crippen LogP contribution in [0.2, 0.25) is 0 Å². The van der Waals surface area contributed by atoms with Crippen molar-refractivity contribution in [2.75, 3.05) is 6.54 Å². The molecule has 0 aromatic rings. The van der Waals surface area contributed by atoms with Crippen LogP contribution in [-0.2, 0) is 0 Å². The number of unbranched alkanes of at least 4 members (excludes halogenated alkanes) is 3. The van der Waals surface area contributed by atoms with Crippen molar-refractivity contribution in [1.82, 2.24) is 4.90 Å². The molecule has 0 bridgehead atoms. The van der Waals surface area contributed by atoms with Crippen LogP contribution in [-0.4, -0.2) is 23.5 Å². The minimum Gasteiger partial charge on any atom is -0.330 e. The second-order valence-electron chi connectivity index (χ2n) is 4.63. The number of hydrogen-bond acceptors (Lipinski definition) is 1. The molecule has 0 aliphatic rings. The summed E-state index contributed by atoms with van der Waals surface area (Å²) in [5, 5.41) is 0. The van der Waals surface area contributed by atoms with E-state index >= 15 is 0 Å². The monoisotopic (exact) mass is 221 g/mol. The molecule has 0 aromatic heterocycles. The Labute approximate surface area is 117 Å². The molecule has 0 spiro atoms. The van der Waals surface area contributed by atoms with Gasteiger partial charge in [-0.25, -0.2) is 0 Å². The Morgan fingerprint density at radius 2 is 1.19 bits per heavy atom. The first-order valence-electron chi connectivity index (χ1n) is 6.56. The minimum atomic E-state index is 0. The Morgan fingerprint density at radius 3 is 1.25 bits per heavy atom. The molecule has 0 aliphatic carbocycles. The molecule has 0 rings (SSSR count). The fourth-order valence-corrected chi connectivity index (χ4v) is 1.61. The van der Waals surface area contributed by atoms with Crippen LogP contribution in [0.15, 0.2) is 0 Å². The Kier molecular flexibility index (Phi) is 21.2. The first-order valence-corrected chi connectivity index (χ1v) is 6.56. The van der Waals surface area contributed by atoms with Gasteiger partial charge in [0.05, 0.1) is 0 Å². The molecule has 2 heteroatoms. The van der Waals surface area contributed by atoms with E-state index in [0.717, 1.165) is 6.54 Å². The molecular formula is C14H32LiN. The van der Waals surface area contributed by atoms with Gasteiger partial charge in [0.25, 0.3) is 0 Å². The van der Waals surface area contributed by atoms with Crippen molar-refractivity contribution < 1.29 is 18.9 Å². The summed E-state index contributed by atoms with van der Waals surface area (Å²) in [5.74, 6) is 0. The molecule has 1 nitrogen and oxygen atoms in total. The summed E-state index contributed by atoms with van der Waals surface area (Å²) < 4.78 is 0. The Bertz CT molecular complexity index is 101. The topological polar surface area (TPSA) is 3.24 Å². The van der Waals surface area contributed by atoms with Gasteiger partial charge in [-0.3, -0.25) is 0 Å². The second kappa shape index (κ2) is 15.6. The van der Waals surface area contributed by atoms with Crippen LogP contribution in [0, 0.1) is 6.92 Å². The van der Waals surface area contributed by atoms with E-state index in [1.54, 1.807) is 0 Å². The predicted octanol–water partition coefficient (Wildman–Crippen LogP) is 1.53. The molecule has 0 radical (unpaired) electrons. The summed E-state index contributed by atoms with van der Waals surface area (Å²) >= 11 is 0.